The Morgan fingerprint density at radius 2 is 1.95 bits per heavy atom. The fourth-order valence-electron chi connectivity index (χ4n) is 3.44. The van der Waals surface area contributed by atoms with Crippen molar-refractivity contribution in [3.63, 3.8) is 0 Å². The number of carbonyl (C=O) groups excluding carboxylic acids is 4. The van der Waals surface area contributed by atoms with Gasteiger partial charge in [0, 0.05) is 41.9 Å². The normalized spacial score (nSPS) is 19.1. The van der Waals surface area contributed by atoms with E-state index in [1.54, 1.807) is 38.2 Å². The molecule has 0 saturated carbocycles. The van der Waals surface area contributed by atoms with Gasteiger partial charge in [-0.05, 0) is 25.5 Å². The number of cyclic esters (lactones) is 1. The summed E-state index contributed by atoms with van der Waals surface area (Å²) in [4.78, 5) is 48.1. The first-order valence-electron chi connectivity index (χ1n) is 12.5. The van der Waals surface area contributed by atoms with Gasteiger partial charge < -0.3 is 25.8 Å². The molecule has 0 aliphatic carbocycles. The van der Waals surface area contributed by atoms with Gasteiger partial charge in [0.05, 0.1) is 0 Å². The number of nitrogens with two attached hydrogens (primary N) is 1. The summed E-state index contributed by atoms with van der Waals surface area (Å²) in [6.45, 7) is 10.9. The maximum absolute atomic E-state index is 12.8. The summed E-state index contributed by atoms with van der Waals surface area (Å²) in [6, 6.07) is -0.816. The van der Waals surface area contributed by atoms with Gasteiger partial charge in [-0.2, -0.15) is 0 Å². The molecular weight excluding hydrogens is 510 g/mol. The molecule has 0 aromatic heterocycles. The molecule has 9 nitrogen and oxygen atoms in total. The Balaban J connectivity index is 2.67. The van der Waals surface area contributed by atoms with Crippen molar-refractivity contribution in [1.82, 2.24) is 10.6 Å². The van der Waals surface area contributed by atoms with Gasteiger partial charge in [0.2, 0.25) is 11.8 Å². The molecule has 0 radical (unpaired) electrons. The lowest BCUT2D eigenvalue weighted by molar-refractivity contribution is -0.147. The smallest absolute Gasteiger partial charge is 0.404 e. The first-order chi connectivity index (χ1) is 17.7. The number of halogens is 1. The van der Waals surface area contributed by atoms with Crippen molar-refractivity contribution in [2.24, 2.45) is 17.1 Å². The van der Waals surface area contributed by atoms with Crippen molar-refractivity contribution in [3.8, 4) is 0 Å². The minimum Gasteiger partial charge on any atom is -0.458 e. The SMILES string of the molecule is CC1=CC[C@@H]([C@@H](C)/C=C\C=C/C(=O)N[C@H](C(=O)N/C=C\C[C@H](C/C=C(\C)Cl)OC(N)=O)C(C)(C)C)OC1=O. The van der Waals surface area contributed by atoms with Crippen molar-refractivity contribution in [2.45, 2.75) is 79.1 Å². The molecule has 1 rings (SSSR count). The molecule has 10 heteroatoms. The molecule has 0 aromatic carbocycles. The minimum atomic E-state index is -0.898. The number of ether oxygens (including phenoxy) is 2. The van der Waals surface area contributed by atoms with E-state index in [2.05, 4.69) is 10.6 Å². The zero-order chi connectivity index (χ0) is 28.9. The molecule has 0 unspecified atom stereocenters. The largest absolute Gasteiger partial charge is 0.458 e. The van der Waals surface area contributed by atoms with E-state index in [9.17, 15) is 19.2 Å². The zero-order valence-corrected chi connectivity index (χ0v) is 23.7. The highest BCUT2D eigenvalue weighted by molar-refractivity contribution is 6.29. The molecule has 1 aliphatic rings. The lowest BCUT2D eigenvalue weighted by Crippen LogP contribution is -2.52. The Morgan fingerprint density at radius 1 is 1.26 bits per heavy atom. The number of nitrogens with one attached hydrogen (secondary N) is 2. The van der Waals surface area contributed by atoms with E-state index in [1.807, 2.05) is 39.8 Å². The van der Waals surface area contributed by atoms with E-state index in [-0.39, 0.29) is 18.0 Å². The van der Waals surface area contributed by atoms with E-state index in [1.165, 1.54) is 12.3 Å². The molecular formula is C28H40ClN3O6. The van der Waals surface area contributed by atoms with Gasteiger partial charge in [0.25, 0.3) is 0 Å². The molecule has 0 bridgehead atoms. The first-order valence-corrected chi connectivity index (χ1v) is 12.8. The van der Waals surface area contributed by atoms with Crippen molar-refractivity contribution >= 4 is 35.5 Å². The Labute approximate surface area is 230 Å². The lowest BCUT2D eigenvalue weighted by Gasteiger charge is -2.29. The van der Waals surface area contributed by atoms with Crippen LogP contribution in [0.4, 0.5) is 4.79 Å². The first kappa shape index (κ1) is 32.7. The summed E-state index contributed by atoms with van der Waals surface area (Å²) < 4.78 is 10.4. The maximum atomic E-state index is 12.8. The van der Waals surface area contributed by atoms with Gasteiger partial charge in [0.15, 0.2) is 0 Å². The fraction of sp³-hybridized carbons (Fsp3) is 0.500. The molecule has 0 fully saturated rings. The topological polar surface area (TPSA) is 137 Å². The maximum Gasteiger partial charge on any atom is 0.404 e. The van der Waals surface area contributed by atoms with E-state index in [0.29, 0.717) is 29.9 Å². The average Bonchev–Trinajstić information content (AvgIpc) is 2.81. The predicted molar refractivity (Wildman–Crippen MR) is 148 cm³/mol. The predicted octanol–water partition coefficient (Wildman–Crippen LogP) is 4.54. The third kappa shape index (κ3) is 12.8. The molecule has 0 saturated heterocycles. The highest BCUT2D eigenvalue weighted by Gasteiger charge is 2.32. The Bertz CT molecular complexity index is 1000. The second-order valence-electron chi connectivity index (χ2n) is 10.2. The summed E-state index contributed by atoms with van der Waals surface area (Å²) in [5, 5.41) is 5.96. The van der Waals surface area contributed by atoms with Gasteiger partial charge >= 0.3 is 12.1 Å². The van der Waals surface area contributed by atoms with Gasteiger partial charge in [0.1, 0.15) is 18.2 Å². The van der Waals surface area contributed by atoms with Crippen LogP contribution >= 0.6 is 11.6 Å². The highest BCUT2D eigenvalue weighted by Crippen LogP contribution is 2.21. The summed E-state index contributed by atoms with van der Waals surface area (Å²) in [5.41, 5.74) is 5.15. The van der Waals surface area contributed by atoms with E-state index in [0.717, 1.165) is 0 Å². The molecule has 4 N–H and O–H groups in total. The van der Waals surface area contributed by atoms with E-state index < -0.39 is 35.5 Å². The minimum absolute atomic E-state index is 0.0288. The monoisotopic (exact) mass is 549 g/mol. The third-order valence-electron chi connectivity index (χ3n) is 5.70. The van der Waals surface area contributed by atoms with Crippen molar-refractivity contribution < 1.29 is 28.7 Å². The summed E-state index contributed by atoms with van der Waals surface area (Å²) >= 11 is 5.83. The molecule has 4 atom stereocenters. The summed E-state index contributed by atoms with van der Waals surface area (Å²) in [7, 11) is 0. The lowest BCUT2D eigenvalue weighted by atomic mass is 9.86. The number of rotatable bonds is 12. The van der Waals surface area contributed by atoms with Gasteiger partial charge in [-0.25, -0.2) is 9.59 Å². The Kier molecular flexibility index (Phi) is 13.6. The van der Waals surface area contributed by atoms with E-state index >= 15 is 0 Å². The molecule has 3 amide bonds. The van der Waals surface area contributed by atoms with E-state index in [4.69, 9.17) is 26.8 Å². The summed E-state index contributed by atoms with van der Waals surface area (Å²) in [6.07, 6.45) is 12.8. The van der Waals surface area contributed by atoms with Crippen LogP contribution in [0.5, 0.6) is 0 Å². The van der Waals surface area contributed by atoms with Crippen molar-refractivity contribution in [1.29, 1.82) is 0 Å². The Morgan fingerprint density at radius 3 is 2.53 bits per heavy atom. The van der Waals surface area contributed by atoms with Crippen LogP contribution in [0.2, 0.25) is 0 Å². The number of carbonyl (C=O) groups is 4. The Hall–Kier alpha value is -3.33. The molecule has 0 spiro atoms. The van der Waals surface area contributed by atoms with Gasteiger partial charge in [-0.3, -0.25) is 9.59 Å². The highest BCUT2D eigenvalue weighted by atomic mass is 35.5. The van der Waals surface area contributed by atoms with Gasteiger partial charge in [-0.1, -0.05) is 75.8 Å². The number of amides is 3. The van der Waals surface area contributed by atoms with Crippen LogP contribution in [0.1, 0.15) is 60.8 Å². The van der Waals surface area contributed by atoms with Crippen LogP contribution in [0.15, 0.2) is 59.3 Å². The third-order valence-corrected chi connectivity index (χ3v) is 5.85. The van der Waals surface area contributed by atoms with Crippen LogP contribution in [0, 0.1) is 11.3 Å². The standard InChI is InChI=1S/C28H40ClN3O6/c1-18(22-16-13-19(2)26(35)38-22)10-7-8-12-23(33)32-24(28(4,5)6)25(34)31-17-9-11-21(37-27(30)36)15-14-20(3)29/h7-10,12-14,17-18,21-22,24H,11,15-16H2,1-6H3,(H2,30,36)(H,31,34)(H,32,33)/b10-7-,12-8-,17-9-,20-14+/t18-,21+,22-,24+/m0/s1. The number of hydrogen-bond donors (Lipinski definition) is 3. The number of esters is 1. The number of hydrogen-bond acceptors (Lipinski definition) is 6. The quantitative estimate of drug-likeness (QED) is 0.186. The molecule has 38 heavy (non-hydrogen) atoms. The van der Waals surface area contributed by atoms with Crippen LogP contribution < -0.4 is 16.4 Å². The zero-order valence-electron chi connectivity index (χ0n) is 23.0. The molecule has 1 aliphatic heterocycles. The van der Waals surface area contributed by atoms with Crippen LogP contribution in [-0.2, 0) is 23.9 Å². The average molecular weight is 550 g/mol. The summed E-state index contributed by atoms with van der Waals surface area (Å²) in [5.74, 6) is -1.16. The van der Waals surface area contributed by atoms with Crippen molar-refractivity contribution in [2.75, 3.05) is 0 Å². The molecule has 210 valence electrons. The molecule has 0 aromatic rings. The molecule has 1 heterocycles. The van der Waals surface area contributed by atoms with Crippen LogP contribution in [0.3, 0.4) is 0 Å². The number of allylic oxidation sites excluding steroid dienone is 3. The number of primary amides is 1. The second kappa shape index (κ2) is 15.8. The van der Waals surface area contributed by atoms with Crippen molar-refractivity contribution in [3.05, 3.63) is 59.3 Å². The van der Waals surface area contributed by atoms with Crippen LogP contribution in [-0.4, -0.2) is 42.1 Å². The van der Waals surface area contributed by atoms with Gasteiger partial charge in [-0.15, -0.1) is 0 Å². The second-order valence-corrected chi connectivity index (χ2v) is 10.8. The van der Waals surface area contributed by atoms with Crippen LogP contribution in [0.25, 0.3) is 0 Å². The fourth-order valence-corrected chi connectivity index (χ4v) is 3.53.